The number of carbonyl (C=O) groups is 2. The molecule has 9 heteroatoms. The van der Waals surface area contributed by atoms with Crippen LogP contribution in [0, 0.1) is 12.8 Å². The van der Waals surface area contributed by atoms with Crippen molar-refractivity contribution in [2.45, 2.75) is 52.5 Å². The zero-order chi connectivity index (χ0) is 20.5. The summed E-state index contributed by atoms with van der Waals surface area (Å²) < 4.78 is 0. The Kier molecular flexibility index (Phi) is 5.64. The third kappa shape index (κ3) is 3.99. The van der Waals surface area contributed by atoms with E-state index in [2.05, 4.69) is 34.1 Å². The summed E-state index contributed by atoms with van der Waals surface area (Å²) >= 11 is 1.36. The Morgan fingerprint density at radius 3 is 2.82 bits per heavy atom. The highest BCUT2D eigenvalue weighted by Gasteiger charge is 2.44. The van der Waals surface area contributed by atoms with Gasteiger partial charge in [0.25, 0.3) is 0 Å². The Bertz CT molecular complexity index is 896. The molecular weight excluding hydrogens is 376 g/mol. The van der Waals surface area contributed by atoms with Crippen molar-refractivity contribution >= 4 is 28.4 Å². The number of primary amides is 1. The Morgan fingerprint density at radius 2 is 2.14 bits per heavy atom. The molecule has 3 amide bonds. The Morgan fingerprint density at radius 1 is 1.39 bits per heavy atom. The van der Waals surface area contributed by atoms with Crippen LogP contribution in [0.4, 0.5) is 9.93 Å². The number of likely N-dealkylation sites (tertiary alicyclic amines) is 1. The van der Waals surface area contributed by atoms with Gasteiger partial charge in [0.05, 0.1) is 16.3 Å². The molecule has 0 aromatic carbocycles. The van der Waals surface area contributed by atoms with Crippen molar-refractivity contribution in [2.24, 2.45) is 11.7 Å². The van der Waals surface area contributed by atoms with Crippen LogP contribution >= 0.6 is 11.3 Å². The molecule has 1 fully saturated rings. The van der Waals surface area contributed by atoms with Crippen molar-refractivity contribution in [3.8, 4) is 10.6 Å². The van der Waals surface area contributed by atoms with Gasteiger partial charge in [-0.05, 0) is 38.7 Å². The molecule has 0 saturated carbocycles. The lowest BCUT2D eigenvalue weighted by molar-refractivity contribution is -0.126. The topological polar surface area (TPSA) is 114 Å². The molecule has 0 radical (unpaired) electrons. The first-order valence-electron chi connectivity index (χ1n) is 9.39. The van der Waals surface area contributed by atoms with E-state index in [1.54, 1.807) is 13.1 Å². The fraction of sp³-hybridized carbons (Fsp3) is 0.526. The lowest BCUT2D eigenvalue weighted by Crippen LogP contribution is -2.55. The van der Waals surface area contributed by atoms with Gasteiger partial charge >= 0.3 is 6.03 Å². The highest BCUT2D eigenvalue weighted by Crippen LogP contribution is 2.33. The number of hydrogen-bond donors (Lipinski definition) is 2. The van der Waals surface area contributed by atoms with E-state index in [0.717, 1.165) is 34.9 Å². The molecule has 2 aromatic rings. The van der Waals surface area contributed by atoms with Gasteiger partial charge in [-0.1, -0.05) is 25.2 Å². The van der Waals surface area contributed by atoms with E-state index >= 15 is 0 Å². The standard InChI is InChI=1S/C19H26N6O2S/c1-11(2)10-14-21-8-6-13(23-14)15-12(3)22-17(28-15)24-18(27)25-9-5-7-19(25,4)16(20)26/h6,8,11H,5,7,9-10H2,1-4H3,(H2,20,26)(H,22,24,27)/t19-/m0/s1. The van der Waals surface area contributed by atoms with Gasteiger partial charge in [-0.25, -0.2) is 19.7 Å². The number of carbonyl (C=O) groups excluding carboxylic acids is 2. The lowest BCUT2D eigenvalue weighted by Gasteiger charge is -2.31. The van der Waals surface area contributed by atoms with Gasteiger partial charge in [0.1, 0.15) is 11.4 Å². The Balaban J connectivity index is 1.79. The lowest BCUT2D eigenvalue weighted by atomic mass is 9.98. The van der Waals surface area contributed by atoms with E-state index in [9.17, 15) is 9.59 Å². The van der Waals surface area contributed by atoms with E-state index in [4.69, 9.17) is 5.73 Å². The minimum Gasteiger partial charge on any atom is -0.368 e. The average Bonchev–Trinajstić information content (AvgIpc) is 3.18. The van der Waals surface area contributed by atoms with Crippen LogP contribution in [0.25, 0.3) is 10.6 Å². The van der Waals surface area contributed by atoms with Crippen molar-refractivity contribution in [3.63, 3.8) is 0 Å². The molecule has 28 heavy (non-hydrogen) atoms. The minimum absolute atomic E-state index is 0.359. The molecule has 1 saturated heterocycles. The first kappa shape index (κ1) is 20.2. The number of rotatable bonds is 5. The minimum atomic E-state index is -0.961. The third-order valence-electron chi connectivity index (χ3n) is 4.96. The number of anilines is 1. The predicted octanol–water partition coefficient (Wildman–Crippen LogP) is 2.98. The molecule has 0 aliphatic carbocycles. The maximum atomic E-state index is 12.7. The molecule has 0 unspecified atom stereocenters. The van der Waals surface area contributed by atoms with Gasteiger partial charge in [-0.15, -0.1) is 0 Å². The Labute approximate surface area is 168 Å². The fourth-order valence-electron chi connectivity index (χ4n) is 3.38. The SMILES string of the molecule is Cc1nc(NC(=O)N2CCC[C@@]2(C)C(N)=O)sc1-c1ccnc(CC(C)C)n1. The molecule has 1 aliphatic heterocycles. The number of nitrogens with one attached hydrogen (secondary N) is 1. The van der Waals surface area contributed by atoms with E-state index in [-0.39, 0.29) is 6.03 Å². The molecule has 0 spiro atoms. The number of nitrogens with two attached hydrogens (primary N) is 1. The summed E-state index contributed by atoms with van der Waals surface area (Å²) in [5.74, 6) is 0.766. The monoisotopic (exact) mass is 402 g/mol. The fourth-order valence-corrected chi connectivity index (χ4v) is 4.31. The maximum absolute atomic E-state index is 12.7. The molecule has 1 aliphatic rings. The number of nitrogens with zero attached hydrogens (tertiary/aromatic N) is 4. The zero-order valence-electron chi connectivity index (χ0n) is 16.7. The van der Waals surface area contributed by atoms with Crippen molar-refractivity contribution in [2.75, 3.05) is 11.9 Å². The number of aryl methyl sites for hydroxylation is 1. The van der Waals surface area contributed by atoms with E-state index in [1.807, 2.05) is 13.0 Å². The van der Waals surface area contributed by atoms with Crippen LogP contribution in [0.3, 0.4) is 0 Å². The Hall–Kier alpha value is -2.55. The predicted molar refractivity (Wildman–Crippen MR) is 109 cm³/mol. The smallest absolute Gasteiger partial charge is 0.324 e. The molecule has 2 aromatic heterocycles. The van der Waals surface area contributed by atoms with Crippen molar-refractivity contribution in [3.05, 3.63) is 23.8 Å². The molecule has 3 rings (SSSR count). The summed E-state index contributed by atoms with van der Waals surface area (Å²) in [4.78, 5) is 40.3. The van der Waals surface area contributed by atoms with Crippen molar-refractivity contribution in [1.82, 2.24) is 19.9 Å². The molecular formula is C19H26N6O2S. The van der Waals surface area contributed by atoms with Gasteiger partial charge in [0.15, 0.2) is 5.13 Å². The normalized spacial score (nSPS) is 19.2. The quantitative estimate of drug-likeness (QED) is 0.798. The average molecular weight is 403 g/mol. The van der Waals surface area contributed by atoms with Gasteiger partial charge in [-0.2, -0.15) is 0 Å². The molecule has 3 N–H and O–H groups in total. The zero-order valence-corrected chi connectivity index (χ0v) is 17.5. The molecule has 8 nitrogen and oxygen atoms in total. The molecule has 0 bridgehead atoms. The summed E-state index contributed by atoms with van der Waals surface area (Å²) in [6, 6.07) is 1.49. The van der Waals surface area contributed by atoms with Crippen LogP contribution in [-0.2, 0) is 11.2 Å². The molecule has 150 valence electrons. The highest BCUT2D eigenvalue weighted by atomic mass is 32.1. The van der Waals surface area contributed by atoms with Crippen molar-refractivity contribution in [1.29, 1.82) is 0 Å². The number of amides is 3. The van der Waals surface area contributed by atoms with Crippen LogP contribution in [0.5, 0.6) is 0 Å². The largest absolute Gasteiger partial charge is 0.368 e. The van der Waals surface area contributed by atoms with Crippen LogP contribution in [0.15, 0.2) is 12.3 Å². The van der Waals surface area contributed by atoms with E-state index in [0.29, 0.717) is 24.0 Å². The highest BCUT2D eigenvalue weighted by molar-refractivity contribution is 7.19. The first-order valence-corrected chi connectivity index (χ1v) is 10.2. The third-order valence-corrected chi connectivity index (χ3v) is 6.05. The van der Waals surface area contributed by atoms with E-state index < -0.39 is 11.4 Å². The van der Waals surface area contributed by atoms with Crippen LogP contribution in [-0.4, -0.2) is 43.9 Å². The van der Waals surface area contributed by atoms with Crippen molar-refractivity contribution < 1.29 is 9.59 Å². The number of thiazole rings is 1. The van der Waals surface area contributed by atoms with Gasteiger partial charge in [-0.3, -0.25) is 10.1 Å². The molecule has 1 atom stereocenters. The van der Waals surface area contributed by atoms with E-state index in [1.165, 1.54) is 16.2 Å². The second-order valence-electron chi connectivity index (χ2n) is 7.71. The summed E-state index contributed by atoms with van der Waals surface area (Å²) in [6.45, 7) is 8.33. The summed E-state index contributed by atoms with van der Waals surface area (Å²) in [5, 5.41) is 3.29. The first-order chi connectivity index (χ1) is 13.2. The summed E-state index contributed by atoms with van der Waals surface area (Å²) in [7, 11) is 0. The number of aromatic nitrogens is 3. The number of urea groups is 1. The molecule has 3 heterocycles. The van der Waals surface area contributed by atoms with Crippen LogP contribution in [0.2, 0.25) is 0 Å². The van der Waals surface area contributed by atoms with Gasteiger partial charge < -0.3 is 10.6 Å². The van der Waals surface area contributed by atoms with Crippen LogP contribution in [0.1, 0.15) is 45.1 Å². The number of hydrogen-bond acceptors (Lipinski definition) is 6. The van der Waals surface area contributed by atoms with Gasteiger partial charge in [0.2, 0.25) is 5.91 Å². The van der Waals surface area contributed by atoms with Gasteiger partial charge in [0, 0.05) is 19.2 Å². The van der Waals surface area contributed by atoms with Crippen LogP contribution < -0.4 is 11.1 Å². The second kappa shape index (κ2) is 7.83. The summed E-state index contributed by atoms with van der Waals surface area (Å²) in [6.07, 6.45) is 3.86. The maximum Gasteiger partial charge on any atom is 0.324 e. The summed E-state index contributed by atoms with van der Waals surface area (Å²) in [5.41, 5.74) is 6.14. The second-order valence-corrected chi connectivity index (χ2v) is 8.71.